The Morgan fingerprint density at radius 1 is 1.07 bits per heavy atom. The molecule has 150 valence electrons. The minimum atomic E-state index is -3.53. The minimum absolute atomic E-state index is 0.0269. The second kappa shape index (κ2) is 8.27. The van der Waals surface area contributed by atoms with Gasteiger partial charge in [-0.3, -0.25) is 4.79 Å². The molecule has 0 aliphatic carbocycles. The molecule has 0 spiro atoms. The van der Waals surface area contributed by atoms with Crippen LogP contribution in [0.3, 0.4) is 0 Å². The smallest absolute Gasteiger partial charge is 0.344 e. The van der Waals surface area contributed by atoms with E-state index in [1.165, 1.54) is 12.1 Å². The number of para-hydroxylation sites is 1. The van der Waals surface area contributed by atoms with Crippen LogP contribution >= 0.6 is 0 Å². The van der Waals surface area contributed by atoms with Crippen molar-refractivity contribution in [3.8, 4) is 11.3 Å². The summed E-state index contributed by atoms with van der Waals surface area (Å²) in [6.07, 6.45) is 1.04. The Bertz CT molecular complexity index is 1150. The molecule has 1 amide bonds. The molecule has 0 saturated carbocycles. The molecule has 0 atom stereocenters. The Kier molecular flexibility index (Phi) is 5.79. The third-order valence-electron chi connectivity index (χ3n) is 4.01. The van der Waals surface area contributed by atoms with Gasteiger partial charge in [-0.2, -0.15) is 0 Å². The van der Waals surface area contributed by atoms with Gasteiger partial charge < -0.3 is 14.6 Å². The number of amides is 1. The summed E-state index contributed by atoms with van der Waals surface area (Å²) in [6, 6.07) is 14.9. The van der Waals surface area contributed by atoms with Crippen LogP contribution < -0.4 is 5.32 Å². The number of rotatable bonds is 6. The van der Waals surface area contributed by atoms with Gasteiger partial charge in [0.15, 0.2) is 16.4 Å². The first-order valence-electron chi connectivity index (χ1n) is 8.55. The lowest BCUT2D eigenvalue weighted by atomic mass is 10.1. The summed E-state index contributed by atoms with van der Waals surface area (Å²) in [5.41, 5.74) is 1.22. The molecule has 3 aromatic rings. The molecule has 1 heterocycles. The van der Waals surface area contributed by atoms with Crippen LogP contribution in [0.25, 0.3) is 11.3 Å². The minimum Gasteiger partial charge on any atom is -0.452 e. The number of anilines is 1. The van der Waals surface area contributed by atoms with Crippen LogP contribution in [0.5, 0.6) is 0 Å². The zero-order valence-electron chi connectivity index (χ0n) is 15.7. The highest BCUT2D eigenvalue weighted by Gasteiger charge is 2.24. The van der Waals surface area contributed by atoms with Gasteiger partial charge in [-0.1, -0.05) is 47.6 Å². The van der Waals surface area contributed by atoms with Crippen molar-refractivity contribution in [1.29, 1.82) is 0 Å². The molecule has 8 nitrogen and oxygen atoms in total. The summed E-state index contributed by atoms with van der Waals surface area (Å²) < 4.78 is 33.8. The summed E-state index contributed by atoms with van der Waals surface area (Å²) in [4.78, 5) is 24.7. The van der Waals surface area contributed by atoms with E-state index in [1.54, 1.807) is 43.3 Å². The summed E-state index contributed by atoms with van der Waals surface area (Å²) in [6.45, 7) is 0.967. The zero-order valence-corrected chi connectivity index (χ0v) is 16.5. The molecule has 3 rings (SSSR count). The molecule has 0 fully saturated rings. The zero-order chi connectivity index (χ0) is 21.0. The van der Waals surface area contributed by atoms with Crippen molar-refractivity contribution in [3.63, 3.8) is 0 Å². The maximum Gasteiger partial charge on any atom is 0.344 e. The lowest BCUT2D eigenvalue weighted by molar-refractivity contribution is -0.119. The number of benzene rings is 2. The van der Waals surface area contributed by atoms with Gasteiger partial charge in [-0.25, -0.2) is 13.2 Å². The van der Waals surface area contributed by atoms with Gasteiger partial charge in [0.2, 0.25) is 0 Å². The van der Waals surface area contributed by atoms with Crippen LogP contribution in [0.2, 0.25) is 0 Å². The number of ether oxygens (including phenoxy) is 1. The van der Waals surface area contributed by atoms with Crippen LogP contribution in [-0.2, 0) is 19.4 Å². The summed E-state index contributed by atoms with van der Waals surface area (Å²) >= 11 is 0. The monoisotopic (exact) mass is 414 g/mol. The maximum absolute atomic E-state index is 12.5. The van der Waals surface area contributed by atoms with E-state index in [4.69, 9.17) is 9.26 Å². The van der Waals surface area contributed by atoms with Gasteiger partial charge >= 0.3 is 5.97 Å². The lowest BCUT2D eigenvalue weighted by Gasteiger charge is -2.10. The third-order valence-corrected chi connectivity index (χ3v) is 5.16. The molecule has 29 heavy (non-hydrogen) atoms. The highest BCUT2D eigenvalue weighted by molar-refractivity contribution is 7.90. The second-order valence-electron chi connectivity index (χ2n) is 6.22. The Labute approximate surface area is 167 Å². The van der Waals surface area contributed by atoms with Gasteiger partial charge in [0.25, 0.3) is 5.91 Å². The fourth-order valence-electron chi connectivity index (χ4n) is 2.69. The van der Waals surface area contributed by atoms with Gasteiger partial charge in [0, 0.05) is 11.8 Å². The van der Waals surface area contributed by atoms with Crippen LogP contribution in [0.1, 0.15) is 16.1 Å². The Morgan fingerprint density at radius 3 is 2.41 bits per heavy atom. The third kappa shape index (κ3) is 4.69. The van der Waals surface area contributed by atoms with Crippen LogP contribution in [-0.4, -0.2) is 38.3 Å². The first kappa shape index (κ1) is 20.3. The van der Waals surface area contributed by atoms with E-state index in [1.807, 2.05) is 6.07 Å². The Balaban J connectivity index is 1.72. The quantitative estimate of drug-likeness (QED) is 0.617. The van der Waals surface area contributed by atoms with Crippen molar-refractivity contribution in [3.05, 3.63) is 65.9 Å². The molecular weight excluding hydrogens is 396 g/mol. The molecule has 0 aliphatic heterocycles. The molecule has 2 aromatic carbocycles. The topological polar surface area (TPSA) is 116 Å². The number of esters is 1. The average molecular weight is 414 g/mol. The van der Waals surface area contributed by atoms with E-state index in [0.717, 1.165) is 6.26 Å². The van der Waals surface area contributed by atoms with E-state index in [-0.39, 0.29) is 21.9 Å². The number of hydrogen-bond donors (Lipinski definition) is 1. The SMILES string of the molecule is Cc1onc(-c2ccccc2)c1C(=O)OCC(=O)Nc1ccccc1S(C)(=O)=O. The van der Waals surface area contributed by atoms with Crippen molar-refractivity contribution in [2.45, 2.75) is 11.8 Å². The molecule has 0 unspecified atom stereocenters. The molecule has 0 saturated heterocycles. The van der Waals surface area contributed by atoms with Gasteiger partial charge in [0.1, 0.15) is 17.0 Å². The number of carbonyl (C=O) groups excluding carboxylic acids is 2. The largest absolute Gasteiger partial charge is 0.452 e. The van der Waals surface area contributed by atoms with Crippen LogP contribution in [0.4, 0.5) is 5.69 Å². The Morgan fingerprint density at radius 2 is 1.72 bits per heavy atom. The van der Waals surface area contributed by atoms with Crippen LogP contribution in [0, 0.1) is 6.92 Å². The number of sulfone groups is 1. The van der Waals surface area contributed by atoms with Gasteiger partial charge in [-0.05, 0) is 19.1 Å². The normalized spacial score (nSPS) is 11.1. The first-order valence-corrected chi connectivity index (χ1v) is 10.4. The summed E-state index contributed by atoms with van der Waals surface area (Å²) in [5.74, 6) is -1.18. The van der Waals surface area contributed by atoms with Gasteiger partial charge in [-0.15, -0.1) is 0 Å². The Hall–Kier alpha value is -3.46. The molecular formula is C20H18N2O6S. The molecule has 0 bridgehead atoms. The van der Waals surface area contributed by atoms with E-state index >= 15 is 0 Å². The van der Waals surface area contributed by atoms with Gasteiger partial charge in [0.05, 0.1) is 10.6 Å². The predicted molar refractivity (Wildman–Crippen MR) is 105 cm³/mol. The van der Waals surface area contributed by atoms with Crippen molar-refractivity contribution in [2.24, 2.45) is 0 Å². The maximum atomic E-state index is 12.5. The van der Waals surface area contributed by atoms with E-state index in [0.29, 0.717) is 11.3 Å². The molecule has 0 aliphatic rings. The molecule has 1 aromatic heterocycles. The predicted octanol–water partition coefficient (Wildman–Crippen LogP) is 2.85. The van der Waals surface area contributed by atoms with E-state index in [2.05, 4.69) is 10.5 Å². The second-order valence-corrected chi connectivity index (χ2v) is 8.21. The molecule has 9 heteroatoms. The summed E-state index contributed by atoms with van der Waals surface area (Å²) in [7, 11) is -3.53. The lowest BCUT2D eigenvalue weighted by Crippen LogP contribution is -2.22. The number of carbonyl (C=O) groups is 2. The first-order chi connectivity index (χ1) is 13.8. The molecule has 0 radical (unpaired) electrons. The van der Waals surface area contributed by atoms with Crippen molar-refractivity contribution in [2.75, 3.05) is 18.2 Å². The highest BCUT2D eigenvalue weighted by atomic mass is 32.2. The number of aryl methyl sites for hydroxylation is 1. The van der Waals surface area contributed by atoms with Crippen molar-refractivity contribution < 1.29 is 27.3 Å². The highest BCUT2D eigenvalue weighted by Crippen LogP contribution is 2.26. The fourth-order valence-corrected chi connectivity index (χ4v) is 3.53. The van der Waals surface area contributed by atoms with Crippen LogP contribution in [0.15, 0.2) is 64.0 Å². The summed E-state index contributed by atoms with van der Waals surface area (Å²) in [5, 5.41) is 6.34. The van der Waals surface area contributed by atoms with E-state index in [9.17, 15) is 18.0 Å². The van der Waals surface area contributed by atoms with Crippen molar-refractivity contribution >= 4 is 27.4 Å². The number of nitrogens with one attached hydrogen (secondary N) is 1. The number of aromatic nitrogens is 1. The standard InChI is InChI=1S/C20H18N2O6S/c1-13-18(19(22-28-13)14-8-4-3-5-9-14)20(24)27-12-17(23)21-15-10-6-7-11-16(15)29(2,25)26/h3-11H,12H2,1-2H3,(H,21,23). The molecule has 1 N–H and O–H groups in total. The van der Waals surface area contributed by atoms with E-state index < -0.39 is 28.3 Å². The average Bonchev–Trinajstić information content (AvgIpc) is 3.08. The number of nitrogens with zero attached hydrogens (tertiary/aromatic N) is 1. The van der Waals surface area contributed by atoms with Crippen molar-refractivity contribution in [1.82, 2.24) is 5.16 Å². The number of hydrogen-bond acceptors (Lipinski definition) is 7. The fraction of sp³-hybridized carbons (Fsp3) is 0.150.